The minimum absolute atomic E-state index is 0. The molecule has 0 aliphatic carbocycles. The molecule has 0 aromatic heterocycles. The molecule has 3 fully saturated rings. The second kappa shape index (κ2) is 14.5. The topological polar surface area (TPSA) is 112 Å². The number of hydrogen-bond acceptors (Lipinski definition) is 7. The molecule has 3 N–H and O–H groups in total. The molecule has 236 valence electrons. The summed E-state index contributed by atoms with van der Waals surface area (Å²) in [6, 6.07) is 4.17. The molecule has 0 spiro atoms. The summed E-state index contributed by atoms with van der Waals surface area (Å²) in [5, 5.41) is 8.86. The fourth-order valence-electron chi connectivity index (χ4n) is 6.28. The Morgan fingerprint density at radius 2 is 1.76 bits per heavy atom. The number of amides is 3. The van der Waals surface area contributed by atoms with Crippen molar-refractivity contribution in [3.63, 3.8) is 0 Å². The van der Waals surface area contributed by atoms with Gasteiger partial charge < -0.3 is 30.3 Å². The van der Waals surface area contributed by atoms with E-state index in [0.717, 1.165) is 5.56 Å². The van der Waals surface area contributed by atoms with Crippen LogP contribution in [0.1, 0.15) is 44.2 Å². The smallest absolute Gasteiger partial charge is 0.262 e. The third kappa shape index (κ3) is 7.45. The van der Waals surface area contributed by atoms with Crippen LogP contribution in [0, 0.1) is 5.92 Å². The Bertz CT molecular complexity index is 1110. The van der Waals surface area contributed by atoms with Crippen LogP contribution in [-0.2, 0) is 19.1 Å². The number of fused-ring (bicyclic) bond motifs is 2. The Morgan fingerprint density at radius 3 is 2.48 bits per heavy atom. The molecule has 42 heavy (non-hydrogen) atoms. The van der Waals surface area contributed by atoms with E-state index in [9.17, 15) is 23.2 Å². The zero-order valence-electron chi connectivity index (χ0n) is 23.9. The van der Waals surface area contributed by atoms with Gasteiger partial charge in [-0.15, -0.1) is 24.8 Å². The van der Waals surface area contributed by atoms with Gasteiger partial charge in [0.05, 0.1) is 25.2 Å². The van der Waals surface area contributed by atoms with E-state index in [1.54, 1.807) is 18.9 Å². The van der Waals surface area contributed by atoms with Crippen molar-refractivity contribution in [1.82, 2.24) is 25.8 Å². The molecule has 4 aliphatic rings. The van der Waals surface area contributed by atoms with Crippen molar-refractivity contribution in [3.8, 4) is 5.75 Å². The fraction of sp³-hybridized carbons (Fsp3) is 0.679. The van der Waals surface area contributed by atoms with E-state index in [4.69, 9.17) is 9.47 Å². The first-order valence-electron chi connectivity index (χ1n) is 14.2. The molecule has 2 unspecified atom stereocenters. The fourth-order valence-corrected chi connectivity index (χ4v) is 6.28. The lowest BCUT2D eigenvalue weighted by molar-refractivity contribution is -0.150. The third-order valence-electron chi connectivity index (χ3n) is 8.66. The van der Waals surface area contributed by atoms with E-state index in [-0.39, 0.29) is 62.2 Å². The second-order valence-corrected chi connectivity index (χ2v) is 11.3. The van der Waals surface area contributed by atoms with E-state index >= 15 is 0 Å². The van der Waals surface area contributed by atoms with E-state index in [2.05, 4.69) is 16.0 Å². The lowest BCUT2D eigenvalue weighted by Gasteiger charge is -2.45. The van der Waals surface area contributed by atoms with Gasteiger partial charge in [-0.3, -0.25) is 19.3 Å². The maximum Gasteiger partial charge on any atom is 0.262 e. The molecule has 4 aliphatic heterocycles. The first kappa shape index (κ1) is 34.2. The number of carbonyl (C=O) groups excluding carboxylic acids is 3. The van der Waals surface area contributed by atoms with Gasteiger partial charge >= 0.3 is 0 Å². The summed E-state index contributed by atoms with van der Waals surface area (Å²) in [6.45, 7) is 2.60. The van der Waals surface area contributed by atoms with E-state index in [1.807, 2.05) is 24.3 Å². The predicted molar refractivity (Wildman–Crippen MR) is 156 cm³/mol. The Kier molecular flexibility index (Phi) is 11.8. The summed E-state index contributed by atoms with van der Waals surface area (Å²) in [5.74, 6) is -3.53. The highest BCUT2D eigenvalue weighted by Gasteiger charge is 2.52. The van der Waals surface area contributed by atoms with Gasteiger partial charge in [0.2, 0.25) is 17.7 Å². The number of nitrogens with zero attached hydrogens (tertiary/aromatic N) is 2. The molecule has 1 aromatic rings. The summed E-state index contributed by atoms with van der Waals surface area (Å²) in [5.41, 5.74) is 0.842. The molecule has 3 amide bonds. The molecule has 0 radical (unpaired) electrons. The third-order valence-corrected chi connectivity index (χ3v) is 8.66. The summed E-state index contributed by atoms with van der Waals surface area (Å²) >= 11 is 0. The van der Waals surface area contributed by atoms with Crippen LogP contribution in [0.25, 0.3) is 0 Å². The van der Waals surface area contributed by atoms with E-state index in [1.165, 1.54) is 4.90 Å². The number of piperazine rings is 1. The largest absolute Gasteiger partial charge is 0.493 e. The van der Waals surface area contributed by atoms with Crippen molar-refractivity contribution in [2.24, 2.45) is 5.92 Å². The summed E-state index contributed by atoms with van der Waals surface area (Å²) in [4.78, 5) is 44.0. The van der Waals surface area contributed by atoms with Crippen LogP contribution < -0.4 is 20.7 Å². The molecular weight excluding hydrogens is 595 g/mol. The van der Waals surface area contributed by atoms with Crippen molar-refractivity contribution in [1.29, 1.82) is 0 Å². The highest BCUT2D eigenvalue weighted by molar-refractivity contribution is 5.93. The normalized spacial score (nSPS) is 26.7. The highest BCUT2D eigenvalue weighted by atomic mass is 35.5. The zero-order valence-corrected chi connectivity index (χ0v) is 25.5. The first-order valence-corrected chi connectivity index (χ1v) is 14.2. The van der Waals surface area contributed by atoms with Crippen LogP contribution >= 0.6 is 24.8 Å². The minimum atomic E-state index is -2.89. The number of benzene rings is 1. The maximum atomic E-state index is 14.5. The standard InChI is InChI=1S/C28H39F2N5O5.2ClH/c1-17(31-2)25(36)33-24(18-7-10-39-11-8-18)27(38)35-14-19-13-28(29,30)16-34(19)15-22(35)26(37)32-21-9-12-40-23-6-4-3-5-20(21)23;;/h3-6,17-19,21-22,24,31H,7-16H2,1-2H3,(H,32,37)(H,33,36);2*1H/t17-,19?,21+,22?,24-;;/m0../s1. The van der Waals surface area contributed by atoms with Crippen molar-refractivity contribution in [2.45, 2.75) is 68.7 Å². The van der Waals surface area contributed by atoms with Crippen LogP contribution in [0.3, 0.4) is 0 Å². The number of likely N-dealkylation sites (N-methyl/N-ethyl adjacent to an activating group) is 1. The Hall–Kier alpha value is -2.25. The lowest BCUT2D eigenvalue weighted by atomic mass is 9.89. The summed E-state index contributed by atoms with van der Waals surface area (Å²) in [6.07, 6.45) is 1.32. The van der Waals surface area contributed by atoms with Crippen LogP contribution in [0.2, 0.25) is 0 Å². The Morgan fingerprint density at radius 1 is 1.05 bits per heavy atom. The molecule has 4 heterocycles. The van der Waals surface area contributed by atoms with Gasteiger partial charge in [0.25, 0.3) is 5.92 Å². The van der Waals surface area contributed by atoms with Gasteiger partial charge in [0, 0.05) is 50.8 Å². The molecule has 14 heteroatoms. The predicted octanol–water partition coefficient (Wildman–Crippen LogP) is 1.91. The van der Waals surface area contributed by atoms with Crippen molar-refractivity contribution in [3.05, 3.63) is 29.8 Å². The average Bonchev–Trinajstić information content (AvgIpc) is 3.27. The molecule has 1 aromatic carbocycles. The number of nitrogens with one attached hydrogen (secondary N) is 3. The minimum Gasteiger partial charge on any atom is -0.493 e. The Labute approximate surface area is 257 Å². The average molecular weight is 637 g/mol. The van der Waals surface area contributed by atoms with Crippen molar-refractivity contribution in [2.75, 3.05) is 46.5 Å². The van der Waals surface area contributed by atoms with Crippen molar-refractivity contribution >= 4 is 42.5 Å². The Balaban J connectivity index is 0.00000242. The molecule has 5 atom stereocenters. The second-order valence-electron chi connectivity index (χ2n) is 11.3. The molecule has 0 saturated carbocycles. The number of hydrogen-bond donors (Lipinski definition) is 3. The number of para-hydroxylation sites is 1. The molecule has 0 bridgehead atoms. The quantitative estimate of drug-likeness (QED) is 0.420. The SMILES string of the molecule is CN[C@@H](C)C(=O)N[C@H](C(=O)N1CC2CC(F)(F)CN2CC1C(=O)N[C@@H]1CCOc2ccccc21)C1CCOCC1.Cl.Cl. The van der Waals surface area contributed by atoms with Crippen molar-refractivity contribution < 1.29 is 32.6 Å². The van der Waals surface area contributed by atoms with Gasteiger partial charge in [0.1, 0.15) is 17.8 Å². The number of alkyl halides is 2. The van der Waals surface area contributed by atoms with Crippen LogP contribution in [0.15, 0.2) is 24.3 Å². The monoisotopic (exact) mass is 635 g/mol. The number of rotatable bonds is 7. The van der Waals surface area contributed by atoms with Crippen LogP contribution in [-0.4, -0.2) is 104 Å². The highest BCUT2D eigenvalue weighted by Crippen LogP contribution is 2.37. The van der Waals surface area contributed by atoms with Gasteiger partial charge in [-0.2, -0.15) is 0 Å². The first-order chi connectivity index (χ1) is 19.2. The number of ether oxygens (including phenoxy) is 2. The van der Waals surface area contributed by atoms with E-state index < -0.39 is 48.4 Å². The molecular formula is C28H41Cl2F2N5O5. The summed E-state index contributed by atoms with van der Waals surface area (Å²) < 4.78 is 40.1. The number of halogens is 4. The van der Waals surface area contributed by atoms with E-state index in [0.29, 0.717) is 44.8 Å². The van der Waals surface area contributed by atoms with Gasteiger partial charge in [-0.05, 0) is 38.8 Å². The van der Waals surface area contributed by atoms with Crippen LogP contribution in [0.5, 0.6) is 5.75 Å². The maximum absolute atomic E-state index is 14.5. The lowest BCUT2D eigenvalue weighted by Crippen LogP contribution is -2.66. The van der Waals surface area contributed by atoms with Gasteiger partial charge in [0.15, 0.2) is 0 Å². The zero-order chi connectivity index (χ0) is 28.4. The van der Waals surface area contributed by atoms with Gasteiger partial charge in [-0.1, -0.05) is 18.2 Å². The van der Waals surface area contributed by atoms with Crippen LogP contribution in [0.4, 0.5) is 8.78 Å². The molecule has 3 saturated heterocycles. The number of carbonyl (C=O) groups is 3. The summed E-state index contributed by atoms with van der Waals surface area (Å²) in [7, 11) is 1.66. The molecule has 10 nitrogen and oxygen atoms in total. The van der Waals surface area contributed by atoms with Gasteiger partial charge in [-0.25, -0.2) is 8.78 Å². The molecule has 5 rings (SSSR count).